The fraction of sp³-hybridized carbons (Fsp3) is 0.143. The number of anilines is 2. The van der Waals surface area contributed by atoms with Crippen molar-refractivity contribution in [3.8, 4) is 0 Å². The Morgan fingerprint density at radius 3 is 2.63 bits per heavy atom. The summed E-state index contributed by atoms with van der Waals surface area (Å²) in [6.45, 7) is 3.68. The standard InChI is InChI=1S/C14H14ClN3O/c1-8-3-5-11(9(2)17-8)14(19)18-13-6-4-10(16)7-12(13)15/h3-7H,16H2,1-2H3,(H,18,19). The number of carbonyl (C=O) groups is 1. The third kappa shape index (κ3) is 3.03. The van der Waals surface area contributed by atoms with E-state index in [1.54, 1.807) is 37.3 Å². The molecule has 0 spiro atoms. The highest BCUT2D eigenvalue weighted by molar-refractivity contribution is 6.34. The Morgan fingerprint density at radius 1 is 1.26 bits per heavy atom. The van der Waals surface area contributed by atoms with Crippen molar-refractivity contribution in [2.45, 2.75) is 13.8 Å². The van der Waals surface area contributed by atoms with Crippen molar-refractivity contribution >= 4 is 28.9 Å². The van der Waals surface area contributed by atoms with E-state index in [1.165, 1.54) is 0 Å². The number of nitrogens with zero attached hydrogens (tertiary/aromatic N) is 1. The lowest BCUT2D eigenvalue weighted by atomic mass is 10.1. The molecule has 2 aromatic rings. The molecule has 1 amide bonds. The molecule has 0 aliphatic carbocycles. The van der Waals surface area contributed by atoms with Gasteiger partial charge in [-0.25, -0.2) is 0 Å². The molecule has 0 saturated heterocycles. The van der Waals surface area contributed by atoms with Crippen LogP contribution in [0.3, 0.4) is 0 Å². The molecule has 0 aliphatic heterocycles. The number of hydrogen-bond acceptors (Lipinski definition) is 3. The summed E-state index contributed by atoms with van der Waals surface area (Å²) < 4.78 is 0. The van der Waals surface area contributed by atoms with Crippen molar-refractivity contribution < 1.29 is 4.79 Å². The lowest BCUT2D eigenvalue weighted by Gasteiger charge is -2.09. The van der Waals surface area contributed by atoms with Gasteiger partial charge in [0.25, 0.3) is 5.91 Å². The van der Waals surface area contributed by atoms with Crippen LogP contribution in [0.2, 0.25) is 5.02 Å². The Labute approximate surface area is 116 Å². The lowest BCUT2D eigenvalue weighted by molar-refractivity contribution is 0.102. The van der Waals surface area contributed by atoms with Crippen LogP contribution in [0.4, 0.5) is 11.4 Å². The SMILES string of the molecule is Cc1ccc(C(=O)Nc2ccc(N)cc2Cl)c(C)n1. The largest absolute Gasteiger partial charge is 0.399 e. The van der Waals surface area contributed by atoms with Crippen LogP contribution in [0.25, 0.3) is 0 Å². The Morgan fingerprint density at radius 2 is 2.00 bits per heavy atom. The molecule has 4 nitrogen and oxygen atoms in total. The summed E-state index contributed by atoms with van der Waals surface area (Å²) >= 11 is 6.02. The van der Waals surface area contributed by atoms with Crippen molar-refractivity contribution in [3.63, 3.8) is 0 Å². The molecule has 1 aromatic carbocycles. The molecule has 98 valence electrons. The Bertz CT molecular complexity index is 641. The molecule has 2 rings (SSSR count). The summed E-state index contributed by atoms with van der Waals surface area (Å²) in [6.07, 6.45) is 0. The van der Waals surface area contributed by atoms with E-state index in [2.05, 4.69) is 10.3 Å². The first-order chi connectivity index (χ1) is 8.97. The van der Waals surface area contributed by atoms with E-state index < -0.39 is 0 Å². The van der Waals surface area contributed by atoms with Crippen molar-refractivity contribution in [2.24, 2.45) is 0 Å². The van der Waals surface area contributed by atoms with Crippen LogP contribution in [0.15, 0.2) is 30.3 Å². The molecule has 0 bridgehead atoms. The smallest absolute Gasteiger partial charge is 0.257 e. The number of carbonyl (C=O) groups excluding carboxylic acids is 1. The number of hydrogen-bond donors (Lipinski definition) is 2. The van der Waals surface area contributed by atoms with Gasteiger partial charge in [0.1, 0.15) is 0 Å². The van der Waals surface area contributed by atoms with Crippen molar-refractivity contribution in [1.82, 2.24) is 4.98 Å². The maximum atomic E-state index is 12.1. The zero-order valence-electron chi connectivity index (χ0n) is 10.7. The van der Waals surface area contributed by atoms with E-state index in [1.807, 2.05) is 6.92 Å². The highest BCUT2D eigenvalue weighted by atomic mass is 35.5. The summed E-state index contributed by atoms with van der Waals surface area (Å²) in [4.78, 5) is 16.4. The molecule has 0 aliphatic rings. The van der Waals surface area contributed by atoms with Crippen molar-refractivity contribution in [1.29, 1.82) is 0 Å². The third-order valence-corrected chi connectivity index (χ3v) is 3.02. The fourth-order valence-electron chi connectivity index (χ4n) is 1.75. The minimum atomic E-state index is -0.239. The number of nitrogen functional groups attached to an aromatic ring is 1. The normalized spacial score (nSPS) is 10.3. The highest BCUT2D eigenvalue weighted by Gasteiger charge is 2.12. The summed E-state index contributed by atoms with van der Waals surface area (Å²) in [5.74, 6) is -0.239. The third-order valence-electron chi connectivity index (χ3n) is 2.71. The molecule has 0 radical (unpaired) electrons. The molecule has 1 heterocycles. The van der Waals surface area contributed by atoms with Gasteiger partial charge < -0.3 is 11.1 Å². The first-order valence-electron chi connectivity index (χ1n) is 5.78. The molecule has 3 N–H and O–H groups in total. The molecule has 5 heteroatoms. The molecule has 0 fully saturated rings. The van der Waals surface area contributed by atoms with E-state index in [0.717, 1.165) is 5.69 Å². The lowest BCUT2D eigenvalue weighted by Crippen LogP contribution is -2.14. The van der Waals surface area contributed by atoms with E-state index in [0.29, 0.717) is 27.7 Å². The quantitative estimate of drug-likeness (QED) is 0.827. The summed E-state index contributed by atoms with van der Waals surface area (Å²) in [5.41, 5.74) is 8.77. The zero-order valence-corrected chi connectivity index (χ0v) is 11.5. The molecular weight excluding hydrogens is 262 g/mol. The second kappa shape index (κ2) is 5.28. The molecule has 1 aromatic heterocycles. The predicted molar refractivity (Wildman–Crippen MR) is 77.5 cm³/mol. The number of benzene rings is 1. The number of amides is 1. The van der Waals surface area contributed by atoms with E-state index >= 15 is 0 Å². The van der Waals surface area contributed by atoms with Crippen LogP contribution in [-0.4, -0.2) is 10.9 Å². The summed E-state index contributed by atoms with van der Waals surface area (Å²) in [7, 11) is 0. The minimum absolute atomic E-state index is 0.239. The molecular formula is C14H14ClN3O. The van der Waals surface area contributed by atoms with Crippen LogP contribution in [0, 0.1) is 13.8 Å². The van der Waals surface area contributed by atoms with Gasteiger partial charge >= 0.3 is 0 Å². The fourth-order valence-corrected chi connectivity index (χ4v) is 1.99. The van der Waals surface area contributed by atoms with Gasteiger partial charge in [0.15, 0.2) is 0 Å². The maximum absolute atomic E-state index is 12.1. The summed E-state index contributed by atoms with van der Waals surface area (Å²) in [6, 6.07) is 8.50. The second-order valence-corrected chi connectivity index (χ2v) is 4.69. The average Bonchev–Trinajstić information content (AvgIpc) is 2.32. The first-order valence-corrected chi connectivity index (χ1v) is 6.16. The number of aryl methyl sites for hydroxylation is 2. The Balaban J connectivity index is 2.25. The molecule has 0 atom stereocenters. The molecule has 0 saturated carbocycles. The van der Waals surface area contributed by atoms with Crippen LogP contribution in [-0.2, 0) is 0 Å². The first kappa shape index (κ1) is 13.4. The number of nitrogens with one attached hydrogen (secondary N) is 1. The molecule has 19 heavy (non-hydrogen) atoms. The van der Waals surface area contributed by atoms with Crippen molar-refractivity contribution in [3.05, 3.63) is 52.3 Å². The van der Waals surface area contributed by atoms with Crippen molar-refractivity contribution in [2.75, 3.05) is 11.1 Å². The second-order valence-electron chi connectivity index (χ2n) is 4.28. The van der Waals surface area contributed by atoms with E-state index in [9.17, 15) is 4.79 Å². The topological polar surface area (TPSA) is 68.0 Å². The van der Waals surface area contributed by atoms with Gasteiger partial charge in [0.2, 0.25) is 0 Å². The number of aromatic nitrogens is 1. The van der Waals surface area contributed by atoms with E-state index in [4.69, 9.17) is 17.3 Å². The zero-order chi connectivity index (χ0) is 14.0. The number of halogens is 1. The number of nitrogens with two attached hydrogens (primary N) is 1. The van der Waals surface area contributed by atoms with Crippen LogP contribution >= 0.6 is 11.6 Å². The van der Waals surface area contributed by atoms with Crippen LogP contribution in [0.1, 0.15) is 21.7 Å². The van der Waals surface area contributed by atoms with Gasteiger partial charge in [-0.2, -0.15) is 0 Å². The van der Waals surface area contributed by atoms with Gasteiger partial charge in [-0.1, -0.05) is 11.6 Å². The number of rotatable bonds is 2. The summed E-state index contributed by atoms with van der Waals surface area (Å²) in [5, 5.41) is 3.16. The molecule has 0 unspecified atom stereocenters. The Kier molecular flexibility index (Phi) is 3.71. The van der Waals surface area contributed by atoms with Gasteiger partial charge in [-0.05, 0) is 44.2 Å². The average molecular weight is 276 g/mol. The number of pyridine rings is 1. The maximum Gasteiger partial charge on any atom is 0.257 e. The Hall–Kier alpha value is -2.07. The van der Waals surface area contributed by atoms with Gasteiger partial charge in [0.05, 0.1) is 22.0 Å². The van der Waals surface area contributed by atoms with Gasteiger partial charge in [-0.15, -0.1) is 0 Å². The van der Waals surface area contributed by atoms with Crippen LogP contribution in [0.5, 0.6) is 0 Å². The van der Waals surface area contributed by atoms with Gasteiger partial charge in [0, 0.05) is 11.4 Å². The van der Waals surface area contributed by atoms with E-state index in [-0.39, 0.29) is 5.91 Å². The predicted octanol–water partition coefficient (Wildman–Crippen LogP) is 3.19. The minimum Gasteiger partial charge on any atom is -0.399 e. The highest BCUT2D eigenvalue weighted by Crippen LogP contribution is 2.24. The van der Waals surface area contributed by atoms with Crippen LogP contribution < -0.4 is 11.1 Å². The van der Waals surface area contributed by atoms with Gasteiger partial charge in [-0.3, -0.25) is 9.78 Å². The monoisotopic (exact) mass is 275 g/mol.